The number of aryl methyl sites for hydroxylation is 1. The topological polar surface area (TPSA) is 43.7 Å². The number of aromatic hydroxyl groups is 1. The Hall–Kier alpha value is -1.32. The Balaban J connectivity index is 1.33. The van der Waals surface area contributed by atoms with Crippen LogP contribution in [0.4, 0.5) is 0 Å². The molecule has 0 amide bonds. The molecule has 3 heteroatoms. The highest BCUT2D eigenvalue weighted by Gasteiger charge is 2.63. The van der Waals surface area contributed by atoms with Gasteiger partial charge in [0.1, 0.15) is 5.75 Å². The van der Waals surface area contributed by atoms with Gasteiger partial charge in [-0.15, -0.1) is 6.58 Å². The van der Waals surface area contributed by atoms with Crippen molar-refractivity contribution < 1.29 is 10.2 Å². The summed E-state index contributed by atoms with van der Waals surface area (Å²) in [7, 11) is 0. The van der Waals surface area contributed by atoms with E-state index in [4.69, 9.17) is 0 Å². The molecule has 1 heterocycles. The van der Waals surface area contributed by atoms with Crippen LogP contribution in [0.3, 0.4) is 0 Å². The van der Waals surface area contributed by atoms with Crippen LogP contribution in [0.5, 0.6) is 5.75 Å². The fraction of sp³-hybridized carbons (Fsp3) is 0.733. The predicted octanol–water partition coefficient (Wildman–Crippen LogP) is 6.44. The number of unbranched alkanes of at least 4 members (excludes halogenated alkanes) is 3. The summed E-state index contributed by atoms with van der Waals surface area (Å²) >= 11 is 0. The second kappa shape index (κ2) is 9.38. The minimum absolute atomic E-state index is 0.0134. The van der Waals surface area contributed by atoms with E-state index in [-0.39, 0.29) is 16.9 Å². The van der Waals surface area contributed by atoms with Gasteiger partial charge < -0.3 is 15.1 Å². The van der Waals surface area contributed by atoms with Crippen LogP contribution < -0.4 is 0 Å². The van der Waals surface area contributed by atoms with Crippen molar-refractivity contribution in [2.75, 3.05) is 19.6 Å². The molecule has 6 atom stereocenters. The van der Waals surface area contributed by atoms with Gasteiger partial charge >= 0.3 is 0 Å². The van der Waals surface area contributed by atoms with E-state index in [1.54, 1.807) is 0 Å². The number of nitrogens with zero attached hydrogens (tertiary/aromatic N) is 1. The van der Waals surface area contributed by atoms with Crippen molar-refractivity contribution in [2.24, 2.45) is 22.7 Å². The molecular formula is C30H45NO2. The number of hydrogen-bond donors (Lipinski definition) is 2. The summed E-state index contributed by atoms with van der Waals surface area (Å²) in [6.07, 6.45) is 16.8. The van der Waals surface area contributed by atoms with E-state index in [1.165, 1.54) is 75.7 Å². The van der Waals surface area contributed by atoms with Gasteiger partial charge in [0.15, 0.2) is 0 Å². The Morgan fingerprint density at radius 1 is 1.12 bits per heavy atom. The molecule has 1 aromatic carbocycles. The second-order valence-electron chi connectivity index (χ2n) is 12.0. The van der Waals surface area contributed by atoms with Gasteiger partial charge in [0.25, 0.3) is 0 Å². The minimum atomic E-state index is -0.176. The maximum Gasteiger partial charge on any atom is 0.115 e. The lowest BCUT2D eigenvalue weighted by Crippen LogP contribution is -2.54. The molecule has 182 valence electrons. The highest BCUT2D eigenvalue weighted by atomic mass is 16.3. The van der Waals surface area contributed by atoms with Gasteiger partial charge in [-0.2, -0.15) is 0 Å². The van der Waals surface area contributed by atoms with E-state index in [0.717, 1.165) is 32.1 Å². The molecule has 0 spiro atoms. The number of aliphatic hydroxyl groups is 1. The third-order valence-electron chi connectivity index (χ3n) is 10.4. The van der Waals surface area contributed by atoms with Crippen molar-refractivity contribution in [3.8, 4) is 5.75 Å². The summed E-state index contributed by atoms with van der Waals surface area (Å²) < 4.78 is 0. The monoisotopic (exact) mass is 451 g/mol. The Labute approximate surface area is 201 Å². The van der Waals surface area contributed by atoms with Crippen molar-refractivity contribution in [3.63, 3.8) is 0 Å². The van der Waals surface area contributed by atoms with Crippen molar-refractivity contribution in [3.05, 3.63) is 42.0 Å². The van der Waals surface area contributed by atoms with Gasteiger partial charge in [0.05, 0.1) is 6.10 Å². The summed E-state index contributed by atoms with van der Waals surface area (Å²) in [6.45, 7) is 10.7. The number of fused-ring (bicyclic) bond motifs is 5. The average molecular weight is 452 g/mol. The molecule has 1 aromatic rings. The third-order valence-corrected chi connectivity index (χ3v) is 10.4. The maximum atomic E-state index is 11.1. The molecule has 0 radical (unpaired) electrons. The highest BCUT2D eigenvalue weighted by molar-refractivity contribution is 5.43. The van der Waals surface area contributed by atoms with E-state index < -0.39 is 0 Å². The number of rotatable bonds is 8. The smallest absolute Gasteiger partial charge is 0.115 e. The number of aliphatic hydroxyl groups excluding tert-OH is 1. The molecule has 0 bridgehead atoms. The second-order valence-corrected chi connectivity index (χ2v) is 12.0. The molecule has 4 aliphatic rings. The zero-order valence-corrected chi connectivity index (χ0v) is 20.8. The van der Waals surface area contributed by atoms with Crippen LogP contribution in [-0.2, 0) is 6.42 Å². The quantitative estimate of drug-likeness (QED) is 0.353. The minimum Gasteiger partial charge on any atom is -0.508 e. The lowest BCUT2D eigenvalue weighted by molar-refractivity contribution is -0.0812. The largest absolute Gasteiger partial charge is 0.508 e. The summed E-state index contributed by atoms with van der Waals surface area (Å²) in [6, 6.07) is 6.11. The molecule has 3 nitrogen and oxygen atoms in total. The van der Waals surface area contributed by atoms with Crippen LogP contribution in [0, 0.1) is 22.7 Å². The molecule has 3 fully saturated rings. The van der Waals surface area contributed by atoms with Gasteiger partial charge in [-0.05, 0) is 129 Å². The number of benzene rings is 1. The SMILES string of the molecule is C=CC12CCc3cc(O)ccc3C1[C@@H](CCCCCCN1CCCC1)C[C@]1(C)C(O)CCC21. The highest BCUT2D eigenvalue weighted by Crippen LogP contribution is 2.69. The van der Waals surface area contributed by atoms with Gasteiger partial charge in [-0.25, -0.2) is 0 Å². The first kappa shape index (κ1) is 23.4. The Morgan fingerprint density at radius 2 is 1.91 bits per heavy atom. The molecule has 1 aliphatic heterocycles. The number of likely N-dealkylation sites (tertiary alicyclic amines) is 1. The first-order chi connectivity index (χ1) is 16.0. The van der Waals surface area contributed by atoms with Gasteiger partial charge in [0, 0.05) is 0 Å². The first-order valence-corrected chi connectivity index (χ1v) is 13.8. The summed E-state index contributed by atoms with van der Waals surface area (Å²) in [4.78, 5) is 2.64. The number of phenolic OH excluding ortho intramolecular Hbond substituents is 1. The standard InChI is InChI=1S/C30H45NO2/c1-3-30-16-15-22-20-24(32)11-12-25(22)28(30)23(21-29(2)26(30)13-14-27(29)33)10-6-4-5-7-17-31-18-8-9-19-31/h3,11-12,20,23,26-28,32-33H,1,4-10,13-19,21H2,2H3/t23-,26?,27?,28?,29-,30?/m0/s1. The molecule has 3 aliphatic carbocycles. The van der Waals surface area contributed by atoms with E-state index in [1.807, 2.05) is 12.1 Å². The van der Waals surface area contributed by atoms with Gasteiger partial charge in [0.2, 0.25) is 0 Å². The van der Waals surface area contributed by atoms with Gasteiger partial charge in [-0.1, -0.05) is 38.3 Å². The number of allylic oxidation sites excluding steroid dienone is 1. The fourth-order valence-corrected chi connectivity index (χ4v) is 8.79. The molecule has 4 unspecified atom stereocenters. The Kier molecular flexibility index (Phi) is 6.66. The van der Waals surface area contributed by atoms with Crippen LogP contribution in [0.1, 0.15) is 94.6 Å². The fourth-order valence-electron chi connectivity index (χ4n) is 8.79. The van der Waals surface area contributed by atoms with Crippen LogP contribution in [-0.4, -0.2) is 40.9 Å². The molecular weight excluding hydrogens is 406 g/mol. The summed E-state index contributed by atoms with van der Waals surface area (Å²) in [5, 5.41) is 21.2. The normalized spacial score (nSPS) is 38.0. The van der Waals surface area contributed by atoms with Crippen molar-refractivity contribution in [1.82, 2.24) is 4.90 Å². The summed E-state index contributed by atoms with van der Waals surface area (Å²) in [5.41, 5.74) is 2.89. The first-order valence-electron chi connectivity index (χ1n) is 13.8. The van der Waals surface area contributed by atoms with E-state index in [2.05, 4.69) is 30.5 Å². The van der Waals surface area contributed by atoms with Crippen molar-refractivity contribution >= 4 is 0 Å². The molecule has 5 rings (SSSR count). The number of phenols is 1. The lowest BCUT2D eigenvalue weighted by Gasteiger charge is -2.60. The van der Waals surface area contributed by atoms with Crippen LogP contribution in [0.15, 0.2) is 30.9 Å². The summed E-state index contributed by atoms with van der Waals surface area (Å²) in [5.74, 6) is 1.97. The van der Waals surface area contributed by atoms with Crippen molar-refractivity contribution in [1.29, 1.82) is 0 Å². The van der Waals surface area contributed by atoms with Crippen LogP contribution in [0.2, 0.25) is 0 Å². The van der Waals surface area contributed by atoms with Crippen molar-refractivity contribution in [2.45, 2.75) is 96.0 Å². The van der Waals surface area contributed by atoms with Crippen LogP contribution in [0.25, 0.3) is 0 Å². The zero-order valence-electron chi connectivity index (χ0n) is 20.8. The molecule has 1 saturated heterocycles. The van der Waals surface area contributed by atoms with Crippen LogP contribution >= 0.6 is 0 Å². The zero-order chi connectivity index (χ0) is 23.1. The van der Waals surface area contributed by atoms with Gasteiger partial charge in [-0.3, -0.25) is 0 Å². The Morgan fingerprint density at radius 3 is 2.70 bits per heavy atom. The molecule has 0 aromatic heterocycles. The molecule has 2 saturated carbocycles. The average Bonchev–Trinajstić information content (AvgIpc) is 3.43. The molecule has 33 heavy (non-hydrogen) atoms. The predicted molar refractivity (Wildman–Crippen MR) is 136 cm³/mol. The molecule has 2 N–H and O–H groups in total. The lowest BCUT2D eigenvalue weighted by atomic mass is 9.44. The van der Waals surface area contributed by atoms with E-state index >= 15 is 0 Å². The van der Waals surface area contributed by atoms with E-state index in [0.29, 0.717) is 23.5 Å². The van der Waals surface area contributed by atoms with E-state index in [9.17, 15) is 10.2 Å². The Bertz CT molecular complexity index is 846. The maximum absolute atomic E-state index is 11.1. The number of hydrogen-bond acceptors (Lipinski definition) is 3. The third kappa shape index (κ3) is 4.08.